The number of aromatic nitrogens is 1. The van der Waals surface area contributed by atoms with Crippen molar-refractivity contribution in [1.29, 1.82) is 0 Å². The number of nitrogens with zero attached hydrogens (tertiary/aromatic N) is 1. The van der Waals surface area contributed by atoms with E-state index in [4.69, 9.17) is 4.98 Å². The number of hydrogen-bond donors (Lipinski definition) is 0. The first-order valence-corrected chi connectivity index (χ1v) is 14.8. The van der Waals surface area contributed by atoms with E-state index >= 15 is 0 Å². The van der Waals surface area contributed by atoms with Crippen molar-refractivity contribution in [2.24, 2.45) is 5.92 Å². The molecule has 3 aromatic heterocycles. The predicted molar refractivity (Wildman–Crippen MR) is 165 cm³/mol. The van der Waals surface area contributed by atoms with Crippen molar-refractivity contribution in [3.05, 3.63) is 88.1 Å². The normalized spacial score (nSPS) is 12.4. The van der Waals surface area contributed by atoms with Gasteiger partial charge in [0.1, 0.15) is 4.83 Å². The van der Waals surface area contributed by atoms with Gasteiger partial charge in [-0.3, -0.25) is 0 Å². The quantitative estimate of drug-likeness (QED) is 0.226. The summed E-state index contributed by atoms with van der Waals surface area (Å²) < 4.78 is 1.37. The second-order valence-electron chi connectivity index (χ2n) is 11.7. The van der Waals surface area contributed by atoms with Crippen molar-refractivity contribution >= 4 is 53.7 Å². The van der Waals surface area contributed by atoms with Gasteiger partial charge >= 0.3 is 0 Å². The second-order valence-corrected chi connectivity index (χ2v) is 14.1. The maximum absolute atomic E-state index is 5.20. The van der Waals surface area contributed by atoms with Crippen molar-refractivity contribution in [2.45, 2.75) is 53.4 Å². The summed E-state index contributed by atoms with van der Waals surface area (Å²) in [6.45, 7) is 13.7. The van der Waals surface area contributed by atoms with Gasteiger partial charge in [0.15, 0.2) is 0 Å². The molecule has 186 valence electrons. The maximum Gasteiger partial charge on any atom is 0.124 e. The van der Waals surface area contributed by atoms with E-state index in [0.717, 1.165) is 16.9 Å². The van der Waals surface area contributed by atoms with Crippen LogP contribution < -0.4 is 0 Å². The van der Waals surface area contributed by atoms with Gasteiger partial charge < -0.3 is 0 Å². The first-order chi connectivity index (χ1) is 17.7. The van der Waals surface area contributed by atoms with Crippen LogP contribution in [-0.2, 0) is 11.8 Å². The van der Waals surface area contributed by atoms with Crippen LogP contribution in [0.5, 0.6) is 0 Å². The minimum Gasteiger partial charge on any atom is -0.237 e. The summed E-state index contributed by atoms with van der Waals surface area (Å²) in [4.78, 5) is 9.09. The van der Waals surface area contributed by atoms with Crippen LogP contribution >= 0.6 is 22.7 Å². The van der Waals surface area contributed by atoms with E-state index in [1.54, 1.807) is 11.3 Å². The largest absolute Gasteiger partial charge is 0.237 e. The highest BCUT2D eigenvalue weighted by molar-refractivity contribution is 7.19. The third-order valence-corrected chi connectivity index (χ3v) is 9.15. The monoisotopic (exact) mass is 519 g/mol. The van der Waals surface area contributed by atoms with Crippen LogP contribution in [0.3, 0.4) is 0 Å². The summed E-state index contributed by atoms with van der Waals surface area (Å²) in [7, 11) is 0. The first-order valence-electron chi connectivity index (χ1n) is 13.1. The Morgan fingerprint density at radius 3 is 2.38 bits per heavy atom. The summed E-state index contributed by atoms with van der Waals surface area (Å²) in [5.74, 6) is 0.670. The molecule has 0 saturated carbocycles. The van der Waals surface area contributed by atoms with Crippen LogP contribution in [0.1, 0.15) is 49.9 Å². The van der Waals surface area contributed by atoms with E-state index < -0.39 is 0 Å². The predicted octanol–water partition coefficient (Wildman–Crippen LogP) is 10.8. The van der Waals surface area contributed by atoms with Crippen LogP contribution in [-0.4, -0.2) is 4.98 Å². The zero-order chi connectivity index (χ0) is 25.9. The highest BCUT2D eigenvalue weighted by atomic mass is 32.1. The van der Waals surface area contributed by atoms with Crippen LogP contribution in [0.15, 0.2) is 72.8 Å². The summed E-state index contributed by atoms with van der Waals surface area (Å²) in [5.41, 5.74) is 6.19. The number of hydrogen-bond acceptors (Lipinski definition) is 3. The van der Waals surface area contributed by atoms with Crippen molar-refractivity contribution in [3.8, 4) is 22.4 Å². The Morgan fingerprint density at radius 1 is 0.784 bits per heavy atom. The molecular formula is C34H33NS2. The van der Waals surface area contributed by atoms with Gasteiger partial charge in [0.2, 0.25) is 0 Å². The molecule has 3 heterocycles. The summed E-state index contributed by atoms with van der Waals surface area (Å²) in [6.07, 6.45) is 1.14. The molecule has 0 aliphatic heterocycles. The smallest absolute Gasteiger partial charge is 0.124 e. The topological polar surface area (TPSA) is 12.9 Å². The standard InChI is InChI=1S/C34H33NS2/c1-20(2)13-26-16-24-12-11-23(18-32(24)37-26)28-19-31(35-33-29(28)14-21(3)36-33)25-15-22-9-7-8-10-27(22)30(17-25)34(4,5)6/h7-12,14-20H,13H2,1-6H3. The van der Waals surface area contributed by atoms with Crippen LogP contribution in [0, 0.1) is 12.8 Å². The lowest BCUT2D eigenvalue weighted by atomic mass is 9.82. The fraction of sp³-hybridized carbons (Fsp3) is 0.265. The molecule has 6 rings (SSSR count). The number of aryl methyl sites for hydroxylation is 1. The van der Waals surface area contributed by atoms with E-state index in [9.17, 15) is 0 Å². The molecule has 0 saturated heterocycles. The average Bonchev–Trinajstić information content (AvgIpc) is 3.42. The lowest BCUT2D eigenvalue weighted by molar-refractivity contribution is 0.596. The third kappa shape index (κ3) is 4.60. The molecule has 0 unspecified atom stereocenters. The van der Waals surface area contributed by atoms with Gasteiger partial charge in [-0.05, 0) is 93.9 Å². The Balaban J connectivity index is 1.56. The SMILES string of the molecule is Cc1cc2c(-c3ccc4cc(CC(C)C)sc4c3)cc(-c3cc(C(C)(C)C)c4ccccc4c3)nc2s1. The van der Waals surface area contributed by atoms with Gasteiger partial charge in [-0.2, -0.15) is 0 Å². The Morgan fingerprint density at radius 2 is 1.59 bits per heavy atom. The maximum atomic E-state index is 5.20. The van der Waals surface area contributed by atoms with Crippen LogP contribution in [0.2, 0.25) is 0 Å². The van der Waals surface area contributed by atoms with Gasteiger partial charge in [0.05, 0.1) is 5.69 Å². The summed E-state index contributed by atoms with van der Waals surface area (Å²) >= 11 is 3.73. The van der Waals surface area contributed by atoms with Crippen LogP contribution in [0.4, 0.5) is 0 Å². The Kier molecular flexibility index (Phi) is 5.97. The minimum atomic E-state index is 0.0416. The molecule has 0 radical (unpaired) electrons. The summed E-state index contributed by atoms with van der Waals surface area (Å²) in [5, 5.41) is 5.20. The molecule has 37 heavy (non-hydrogen) atoms. The number of fused-ring (bicyclic) bond motifs is 3. The van der Waals surface area contributed by atoms with Crippen molar-refractivity contribution < 1.29 is 0 Å². The number of pyridine rings is 1. The number of benzene rings is 3. The van der Waals surface area contributed by atoms with Crippen molar-refractivity contribution in [3.63, 3.8) is 0 Å². The lowest BCUT2D eigenvalue weighted by Gasteiger charge is -2.23. The van der Waals surface area contributed by atoms with E-state index in [-0.39, 0.29) is 5.41 Å². The zero-order valence-electron chi connectivity index (χ0n) is 22.5. The fourth-order valence-electron chi connectivity index (χ4n) is 5.36. The molecule has 3 heteroatoms. The van der Waals surface area contributed by atoms with Gasteiger partial charge in [-0.15, -0.1) is 22.7 Å². The first kappa shape index (κ1) is 24.3. The highest BCUT2D eigenvalue weighted by Crippen LogP contribution is 2.40. The molecule has 0 aliphatic rings. The molecule has 0 bridgehead atoms. The number of thiophene rings is 2. The van der Waals surface area contributed by atoms with Crippen LogP contribution in [0.25, 0.3) is 53.5 Å². The molecule has 0 fully saturated rings. The minimum absolute atomic E-state index is 0.0416. The average molecular weight is 520 g/mol. The van der Waals surface area contributed by atoms with Crippen molar-refractivity contribution in [1.82, 2.24) is 4.98 Å². The molecule has 0 amide bonds. The second kappa shape index (κ2) is 9.08. The Hall–Kier alpha value is -3.01. The van der Waals surface area contributed by atoms with Gasteiger partial charge in [-0.1, -0.05) is 71.0 Å². The molecule has 0 atom stereocenters. The molecule has 0 aliphatic carbocycles. The summed E-state index contributed by atoms with van der Waals surface area (Å²) in [6, 6.07) is 27.4. The highest BCUT2D eigenvalue weighted by Gasteiger charge is 2.20. The van der Waals surface area contributed by atoms with E-state index in [1.165, 1.54) is 58.3 Å². The van der Waals surface area contributed by atoms with E-state index in [1.807, 2.05) is 11.3 Å². The van der Waals surface area contributed by atoms with Gasteiger partial charge in [-0.25, -0.2) is 4.98 Å². The number of rotatable bonds is 4. The zero-order valence-corrected chi connectivity index (χ0v) is 24.1. The Labute approximate surface area is 227 Å². The molecule has 1 nitrogen and oxygen atoms in total. The molecule has 6 aromatic rings. The lowest BCUT2D eigenvalue weighted by Crippen LogP contribution is -2.12. The third-order valence-electron chi connectivity index (χ3n) is 7.09. The fourth-order valence-corrected chi connectivity index (χ4v) is 7.58. The van der Waals surface area contributed by atoms with E-state index in [0.29, 0.717) is 5.92 Å². The van der Waals surface area contributed by atoms with Gasteiger partial charge in [0.25, 0.3) is 0 Å². The van der Waals surface area contributed by atoms with E-state index in [2.05, 4.69) is 114 Å². The van der Waals surface area contributed by atoms with Gasteiger partial charge in [0, 0.05) is 25.4 Å². The van der Waals surface area contributed by atoms with Crippen molar-refractivity contribution in [2.75, 3.05) is 0 Å². The molecule has 0 spiro atoms. The Bertz CT molecular complexity index is 1780. The molecule has 3 aromatic carbocycles. The molecular weight excluding hydrogens is 487 g/mol. The molecule has 0 N–H and O–H groups in total.